The molecule has 5 N–H and O–H groups in total. The fourth-order valence-electron chi connectivity index (χ4n) is 3.88. The molecule has 13 heteroatoms. The van der Waals surface area contributed by atoms with Crippen molar-refractivity contribution in [2.24, 2.45) is 0 Å². The van der Waals surface area contributed by atoms with E-state index in [1.165, 1.54) is 21.3 Å². The number of aromatic hydroxyl groups is 2. The number of carboxylic acid groups (broad SMARTS) is 1. The molecule has 0 saturated heterocycles. The van der Waals surface area contributed by atoms with Gasteiger partial charge in [0.15, 0.2) is 30.8 Å². The van der Waals surface area contributed by atoms with E-state index in [0.29, 0.717) is 48.5 Å². The van der Waals surface area contributed by atoms with Crippen LogP contribution in [0.15, 0.2) is 12.1 Å². The number of phenols is 2. The lowest BCUT2D eigenvalue weighted by molar-refractivity contribution is -0.137. The summed E-state index contributed by atoms with van der Waals surface area (Å²) in [5.74, 6) is -1.66. The summed E-state index contributed by atoms with van der Waals surface area (Å²) >= 11 is 6.20. The standard InChI is InChI=1S/C26H34ClNO11/c1-34-13-38-20-11-17(28)24(39-14-35-2)16(25(20)36-3)8-6-10-37-26(33)22-15(7-4-5-9-21(31)32)23(27)19(30)12-18(22)29/h11-12,29-30H,4-10,13-14,28H2,1-3H3,(H,31,32). The molecule has 0 aliphatic heterocycles. The van der Waals surface area contributed by atoms with Crippen LogP contribution in [0.25, 0.3) is 0 Å². The molecule has 0 heterocycles. The third-order valence-corrected chi connectivity index (χ3v) is 6.00. The quantitative estimate of drug-likeness (QED) is 0.0933. The van der Waals surface area contributed by atoms with Gasteiger partial charge >= 0.3 is 11.9 Å². The molecular weight excluding hydrogens is 538 g/mol. The maximum atomic E-state index is 12.9. The molecule has 0 radical (unpaired) electrons. The zero-order valence-corrected chi connectivity index (χ0v) is 22.8. The number of carbonyl (C=O) groups excluding carboxylic acids is 1. The summed E-state index contributed by atoms with van der Waals surface area (Å²) in [6.07, 6.45) is 1.38. The maximum absolute atomic E-state index is 12.9. The summed E-state index contributed by atoms with van der Waals surface area (Å²) in [7, 11) is 4.40. The molecule has 216 valence electrons. The Hall–Kier alpha value is -3.61. The Morgan fingerprint density at radius 1 is 0.897 bits per heavy atom. The highest BCUT2D eigenvalue weighted by Crippen LogP contribution is 2.43. The number of phenolic OH excluding ortho intramolecular Hbond substituents is 2. The summed E-state index contributed by atoms with van der Waals surface area (Å²) in [5.41, 5.74) is 7.01. The lowest BCUT2D eigenvalue weighted by Crippen LogP contribution is -2.12. The van der Waals surface area contributed by atoms with E-state index in [1.54, 1.807) is 6.07 Å². The number of ether oxygens (including phenoxy) is 6. The number of benzene rings is 2. The zero-order chi connectivity index (χ0) is 28.9. The van der Waals surface area contributed by atoms with Crippen LogP contribution in [0.2, 0.25) is 5.02 Å². The summed E-state index contributed by atoms with van der Waals surface area (Å²) < 4.78 is 32.1. The summed E-state index contributed by atoms with van der Waals surface area (Å²) in [4.78, 5) is 23.7. The van der Waals surface area contributed by atoms with Crippen molar-refractivity contribution in [3.63, 3.8) is 0 Å². The van der Waals surface area contributed by atoms with Crippen LogP contribution >= 0.6 is 11.6 Å². The number of anilines is 1. The number of rotatable bonds is 17. The van der Waals surface area contributed by atoms with Gasteiger partial charge in [0.2, 0.25) is 0 Å². The van der Waals surface area contributed by atoms with Gasteiger partial charge in [-0.05, 0) is 37.7 Å². The van der Waals surface area contributed by atoms with Crippen LogP contribution < -0.4 is 19.9 Å². The van der Waals surface area contributed by atoms with Gasteiger partial charge in [-0.1, -0.05) is 11.6 Å². The second-order valence-corrected chi connectivity index (χ2v) is 8.71. The van der Waals surface area contributed by atoms with E-state index in [1.807, 2.05) is 0 Å². The number of unbranched alkanes of at least 4 members (excludes halogenated alkanes) is 1. The van der Waals surface area contributed by atoms with Crippen LogP contribution in [-0.2, 0) is 31.8 Å². The average Bonchev–Trinajstić information content (AvgIpc) is 2.89. The zero-order valence-electron chi connectivity index (χ0n) is 22.1. The van der Waals surface area contributed by atoms with Gasteiger partial charge in [0, 0.05) is 38.3 Å². The second kappa shape index (κ2) is 15.7. The lowest BCUT2D eigenvalue weighted by atomic mass is 9.99. The lowest BCUT2D eigenvalue weighted by Gasteiger charge is -2.20. The average molecular weight is 572 g/mol. The molecule has 0 atom stereocenters. The van der Waals surface area contributed by atoms with Gasteiger partial charge in [-0.2, -0.15) is 0 Å². The fraction of sp³-hybridized carbons (Fsp3) is 0.462. The predicted octanol–water partition coefficient (Wildman–Crippen LogP) is 3.89. The van der Waals surface area contributed by atoms with Crippen molar-refractivity contribution in [1.82, 2.24) is 0 Å². The molecule has 2 rings (SSSR count). The maximum Gasteiger partial charge on any atom is 0.342 e. The number of nitrogens with two attached hydrogens (primary N) is 1. The number of methoxy groups -OCH3 is 3. The number of aliphatic carboxylic acids is 1. The minimum atomic E-state index is -0.954. The molecule has 39 heavy (non-hydrogen) atoms. The Balaban J connectivity index is 2.19. The van der Waals surface area contributed by atoms with Crippen molar-refractivity contribution < 1.29 is 53.3 Å². The number of halogens is 1. The summed E-state index contributed by atoms with van der Waals surface area (Å²) in [6.45, 7) is -0.169. The number of hydrogen-bond acceptors (Lipinski definition) is 11. The van der Waals surface area contributed by atoms with Crippen molar-refractivity contribution >= 4 is 29.2 Å². The number of carboxylic acids is 1. The molecule has 0 aromatic heterocycles. The third-order valence-electron chi connectivity index (χ3n) is 5.58. The van der Waals surface area contributed by atoms with Crippen molar-refractivity contribution in [2.75, 3.05) is 47.3 Å². The number of hydrogen-bond donors (Lipinski definition) is 4. The van der Waals surface area contributed by atoms with Gasteiger partial charge in [-0.3, -0.25) is 4.79 Å². The first-order valence-electron chi connectivity index (χ1n) is 12.0. The van der Waals surface area contributed by atoms with Gasteiger partial charge in [0.25, 0.3) is 0 Å². The summed E-state index contributed by atoms with van der Waals surface area (Å²) in [6, 6.07) is 2.50. The molecule has 0 saturated carbocycles. The van der Waals surface area contributed by atoms with Gasteiger partial charge in [-0.15, -0.1) is 0 Å². The third kappa shape index (κ3) is 8.70. The van der Waals surface area contributed by atoms with Crippen LogP contribution in [0.4, 0.5) is 5.69 Å². The van der Waals surface area contributed by atoms with Crippen LogP contribution in [0.5, 0.6) is 28.7 Å². The largest absolute Gasteiger partial charge is 0.507 e. The molecule has 0 aliphatic rings. The van der Waals surface area contributed by atoms with Crippen molar-refractivity contribution in [1.29, 1.82) is 0 Å². The van der Waals surface area contributed by atoms with Gasteiger partial charge in [-0.25, -0.2) is 4.79 Å². The van der Waals surface area contributed by atoms with Gasteiger partial charge < -0.3 is 49.5 Å². The number of nitrogen functional groups attached to an aromatic ring is 1. The Kier molecular flexibility index (Phi) is 12.7. The Bertz CT molecular complexity index is 1140. The van der Waals surface area contributed by atoms with Crippen molar-refractivity contribution in [3.05, 3.63) is 33.8 Å². The molecule has 0 unspecified atom stereocenters. The predicted molar refractivity (Wildman–Crippen MR) is 141 cm³/mol. The van der Waals surface area contributed by atoms with Gasteiger partial charge in [0.05, 0.1) is 24.4 Å². The van der Waals surface area contributed by atoms with E-state index in [-0.39, 0.29) is 54.9 Å². The molecule has 0 spiro atoms. The SMILES string of the molecule is COCOc1cc(N)c(OCOC)c(CCCOC(=O)c2c(O)cc(O)c(Cl)c2CCCCC(=O)O)c1OC. The molecule has 2 aromatic carbocycles. The van der Waals surface area contributed by atoms with E-state index in [2.05, 4.69) is 0 Å². The fourth-order valence-corrected chi connectivity index (χ4v) is 4.12. The van der Waals surface area contributed by atoms with Gasteiger partial charge in [0.1, 0.15) is 17.1 Å². The molecule has 12 nitrogen and oxygen atoms in total. The molecule has 2 aromatic rings. The summed E-state index contributed by atoms with van der Waals surface area (Å²) in [5, 5.41) is 29.1. The highest BCUT2D eigenvalue weighted by atomic mass is 35.5. The van der Waals surface area contributed by atoms with E-state index in [0.717, 1.165) is 6.07 Å². The smallest absolute Gasteiger partial charge is 0.342 e. The molecule has 0 aliphatic carbocycles. The minimum Gasteiger partial charge on any atom is -0.507 e. The number of carbonyl (C=O) groups is 2. The molecule has 0 fully saturated rings. The Morgan fingerprint density at radius 3 is 2.21 bits per heavy atom. The first-order valence-corrected chi connectivity index (χ1v) is 12.4. The molecule has 0 bridgehead atoms. The highest BCUT2D eigenvalue weighted by molar-refractivity contribution is 6.33. The van der Waals surface area contributed by atoms with E-state index in [9.17, 15) is 19.8 Å². The second-order valence-electron chi connectivity index (χ2n) is 8.33. The van der Waals surface area contributed by atoms with Crippen molar-refractivity contribution in [2.45, 2.75) is 38.5 Å². The first kappa shape index (κ1) is 31.6. The van der Waals surface area contributed by atoms with Crippen molar-refractivity contribution in [3.8, 4) is 28.7 Å². The van der Waals surface area contributed by atoms with Crippen LogP contribution in [0, 0.1) is 0 Å². The van der Waals surface area contributed by atoms with E-state index >= 15 is 0 Å². The van der Waals surface area contributed by atoms with E-state index < -0.39 is 23.4 Å². The van der Waals surface area contributed by atoms with Crippen LogP contribution in [-0.4, -0.2) is 68.8 Å². The number of esters is 1. The Labute approximate surface area is 231 Å². The monoisotopic (exact) mass is 571 g/mol. The van der Waals surface area contributed by atoms with Crippen LogP contribution in [0.3, 0.4) is 0 Å². The van der Waals surface area contributed by atoms with Crippen LogP contribution in [0.1, 0.15) is 47.2 Å². The normalized spacial score (nSPS) is 10.8. The highest BCUT2D eigenvalue weighted by Gasteiger charge is 2.24. The molecule has 0 amide bonds. The Morgan fingerprint density at radius 2 is 1.56 bits per heavy atom. The minimum absolute atomic E-state index is 0.0392. The molecular formula is C26H34ClNO11. The van der Waals surface area contributed by atoms with E-state index in [4.69, 9.17) is 50.9 Å². The topological polar surface area (TPSA) is 176 Å². The first-order chi connectivity index (χ1) is 18.7.